The molecule has 0 radical (unpaired) electrons. The van der Waals surface area contributed by atoms with Crippen molar-refractivity contribution in [1.29, 1.82) is 0 Å². The first-order chi connectivity index (χ1) is 7.16. The molecule has 0 fully saturated rings. The van der Waals surface area contributed by atoms with Crippen molar-refractivity contribution >= 4 is 28.5 Å². The van der Waals surface area contributed by atoms with Crippen LogP contribution in [0.3, 0.4) is 0 Å². The van der Waals surface area contributed by atoms with Crippen molar-refractivity contribution in [2.24, 2.45) is 0 Å². The van der Waals surface area contributed by atoms with E-state index in [1.54, 1.807) is 30.5 Å². The Labute approximate surface area is 91.6 Å². The van der Waals surface area contributed by atoms with Crippen LogP contribution in [0, 0.1) is 0 Å². The van der Waals surface area contributed by atoms with E-state index in [9.17, 15) is 4.79 Å². The number of nitrogens with zero attached hydrogens (tertiary/aromatic N) is 1. The van der Waals surface area contributed by atoms with Crippen molar-refractivity contribution in [3.8, 4) is 5.75 Å². The lowest BCUT2D eigenvalue weighted by Crippen LogP contribution is -2.01. The van der Waals surface area contributed by atoms with E-state index in [0.29, 0.717) is 10.8 Å². The highest BCUT2D eigenvalue weighted by Crippen LogP contribution is 2.25. The maximum Gasteiger partial charge on any atom is 0.308 e. The van der Waals surface area contributed by atoms with Crippen LogP contribution in [-0.4, -0.2) is 11.0 Å². The summed E-state index contributed by atoms with van der Waals surface area (Å²) in [6.07, 6.45) is 1.64. The summed E-state index contributed by atoms with van der Waals surface area (Å²) in [6, 6.07) is 6.85. The van der Waals surface area contributed by atoms with Gasteiger partial charge >= 0.3 is 5.97 Å². The van der Waals surface area contributed by atoms with Crippen molar-refractivity contribution < 1.29 is 9.53 Å². The topological polar surface area (TPSA) is 39.2 Å². The molecular formula is C11H8ClNO2. The highest BCUT2D eigenvalue weighted by molar-refractivity contribution is 6.35. The Morgan fingerprint density at radius 3 is 2.93 bits per heavy atom. The van der Waals surface area contributed by atoms with Crippen molar-refractivity contribution in [1.82, 2.24) is 4.98 Å². The average Bonchev–Trinajstić information content (AvgIpc) is 2.18. The molecule has 0 aliphatic heterocycles. The largest absolute Gasteiger partial charge is 0.427 e. The maximum atomic E-state index is 10.8. The highest BCUT2D eigenvalue weighted by Gasteiger charge is 2.03. The van der Waals surface area contributed by atoms with E-state index in [4.69, 9.17) is 16.3 Å². The van der Waals surface area contributed by atoms with Gasteiger partial charge in [0.25, 0.3) is 0 Å². The number of ether oxygens (including phenoxy) is 1. The number of hydrogen-bond acceptors (Lipinski definition) is 3. The number of hydrogen-bond donors (Lipinski definition) is 0. The number of benzene rings is 1. The number of carbonyl (C=O) groups excluding carboxylic acids is 1. The molecule has 0 saturated heterocycles. The Morgan fingerprint density at radius 1 is 1.40 bits per heavy atom. The number of esters is 1. The monoisotopic (exact) mass is 221 g/mol. The van der Waals surface area contributed by atoms with Gasteiger partial charge in [0.1, 0.15) is 5.75 Å². The molecule has 4 heteroatoms. The smallest absolute Gasteiger partial charge is 0.308 e. The zero-order valence-electron chi connectivity index (χ0n) is 8.03. The lowest BCUT2D eigenvalue weighted by molar-refractivity contribution is -0.131. The van der Waals surface area contributed by atoms with Crippen molar-refractivity contribution in [2.75, 3.05) is 0 Å². The molecule has 0 aliphatic rings. The van der Waals surface area contributed by atoms with Gasteiger partial charge in [-0.05, 0) is 24.3 Å². The number of aromatic nitrogens is 1. The van der Waals surface area contributed by atoms with Gasteiger partial charge in [-0.3, -0.25) is 9.78 Å². The second-order valence-electron chi connectivity index (χ2n) is 3.07. The predicted molar refractivity (Wildman–Crippen MR) is 58.1 cm³/mol. The van der Waals surface area contributed by atoms with Gasteiger partial charge in [0.2, 0.25) is 0 Å². The maximum absolute atomic E-state index is 10.8. The first kappa shape index (κ1) is 9.93. The van der Waals surface area contributed by atoms with Gasteiger partial charge in [0, 0.05) is 18.5 Å². The second kappa shape index (κ2) is 3.87. The summed E-state index contributed by atoms with van der Waals surface area (Å²) >= 11 is 5.99. The minimum atomic E-state index is -0.352. The third-order valence-corrected chi connectivity index (χ3v) is 2.25. The lowest BCUT2D eigenvalue weighted by Gasteiger charge is -2.03. The molecule has 0 aliphatic carbocycles. The van der Waals surface area contributed by atoms with Gasteiger partial charge in [-0.15, -0.1) is 0 Å². The number of fused-ring (bicyclic) bond motifs is 1. The lowest BCUT2D eigenvalue weighted by atomic mass is 10.2. The Bertz CT molecular complexity index is 525. The molecule has 0 saturated carbocycles. The third-order valence-electron chi connectivity index (χ3n) is 1.92. The van der Waals surface area contributed by atoms with E-state index >= 15 is 0 Å². The Hall–Kier alpha value is -1.61. The van der Waals surface area contributed by atoms with Crippen LogP contribution in [0.5, 0.6) is 5.75 Å². The summed E-state index contributed by atoms with van der Waals surface area (Å²) in [5.74, 6) is 0.124. The molecule has 0 N–H and O–H groups in total. The summed E-state index contributed by atoms with van der Waals surface area (Å²) in [5, 5.41) is 1.37. The number of carbonyl (C=O) groups is 1. The van der Waals surface area contributed by atoms with Crippen LogP contribution in [0.4, 0.5) is 0 Å². The molecule has 2 rings (SSSR count). The van der Waals surface area contributed by atoms with Crippen molar-refractivity contribution in [3.63, 3.8) is 0 Å². The number of rotatable bonds is 1. The van der Waals surface area contributed by atoms with E-state index in [1.807, 2.05) is 0 Å². The van der Waals surface area contributed by atoms with Crippen molar-refractivity contribution in [3.05, 3.63) is 35.5 Å². The number of pyridine rings is 1. The molecule has 1 aromatic carbocycles. The average molecular weight is 222 g/mol. The molecule has 1 heterocycles. The standard InChI is InChI=1S/C11H8ClNO2/c1-7(14)15-8-2-3-11-9(6-8)10(12)4-5-13-11/h2-6H,1H3. The minimum Gasteiger partial charge on any atom is -0.427 e. The molecule has 0 spiro atoms. The Balaban J connectivity index is 2.54. The molecule has 76 valence electrons. The highest BCUT2D eigenvalue weighted by atomic mass is 35.5. The van der Waals surface area contributed by atoms with Crippen LogP contribution in [-0.2, 0) is 4.79 Å². The predicted octanol–water partition coefficient (Wildman–Crippen LogP) is 2.81. The Morgan fingerprint density at radius 2 is 2.20 bits per heavy atom. The molecule has 0 amide bonds. The van der Waals surface area contributed by atoms with Gasteiger partial charge in [-0.25, -0.2) is 0 Å². The van der Waals surface area contributed by atoms with Crippen LogP contribution < -0.4 is 4.74 Å². The van der Waals surface area contributed by atoms with E-state index in [-0.39, 0.29) is 5.97 Å². The zero-order chi connectivity index (χ0) is 10.8. The van der Waals surface area contributed by atoms with Gasteiger partial charge in [-0.1, -0.05) is 11.6 Å². The quantitative estimate of drug-likeness (QED) is 0.549. The van der Waals surface area contributed by atoms with Crippen LogP contribution >= 0.6 is 11.6 Å². The van der Waals surface area contributed by atoms with E-state index in [2.05, 4.69) is 4.98 Å². The summed E-state index contributed by atoms with van der Waals surface area (Å²) in [5.41, 5.74) is 0.776. The third kappa shape index (κ3) is 2.07. The van der Waals surface area contributed by atoms with Gasteiger partial charge < -0.3 is 4.74 Å². The fourth-order valence-electron chi connectivity index (χ4n) is 1.32. The molecule has 3 nitrogen and oxygen atoms in total. The summed E-state index contributed by atoms with van der Waals surface area (Å²) in [7, 11) is 0. The molecule has 15 heavy (non-hydrogen) atoms. The molecule has 0 unspecified atom stereocenters. The van der Waals surface area contributed by atoms with Gasteiger partial charge in [0.15, 0.2) is 0 Å². The first-order valence-electron chi connectivity index (χ1n) is 4.39. The van der Waals surface area contributed by atoms with E-state index in [1.165, 1.54) is 6.92 Å². The number of halogens is 1. The molecule has 1 aromatic heterocycles. The van der Waals surface area contributed by atoms with Crippen LogP contribution in [0.2, 0.25) is 5.02 Å². The molecule has 0 bridgehead atoms. The van der Waals surface area contributed by atoms with Gasteiger partial charge in [-0.2, -0.15) is 0 Å². The van der Waals surface area contributed by atoms with Crippen LogP contribution in [0.1, 0.15) is 6.92 Å². The van der Waals surface area contributed by atoms with E-state index in [0.717, 1.165) is 10.9 Å². The fourth-order valence-corrected chi connectivity index (χ4v) is 1.53. The summed E-state index contributed by atoms with van der Waals surface area (Å²) in [6.45, 7) is 1.36. The van der Waals surface area contributed by atoms with Crippen LogP contribution in [0.25, 0.3) is 10.9 Å². The van der Waals surface area contributed by atoms with Gasteiger partial charge in [0.05, 0.1) is 10.5 Å². The second-order valence-corrected chi connectivity index (χ2v) is 3.47. The zero-order valence-corrected chi connectivity index (χ0v) is 8.78. The van der Waals surface area contributed by atoms with E-state index < -0.39 is 0 Å². The summed E-state index contributed by atoms with van der Waals surface area (Å²) in [4.78, 5) is 14.9. The van der Waals surface area contributed by atoms with Crippen molar-refractivity contribution in [2.45, 2.75) is 6.92 Å². The normalized spacial score (nSPS) is 10.3. The summed E-state index contributed by atoms with van der Waals surface area (Å²) < 4.78 is 4.95. The molecule has 2 aromatic rings. The molecular weight excluding hydrogens is 214 g/mol. The SMILES string of the molecule is CC(=O)Oc1ccc2nccc(Cl)c2c1. The minimum absolute atomic E-state index is 0.352. The van der Waals surface area contributed by atoms with Crippen LogP contribution in [0.15, 0.2) is 30.5 Å². The molecule has 0 atom stereocenters. The Kier molecular flexibility index (Phi) is 2.56. The fraction of sp³-hybridized carbons (Fsp3) is 0.0909. The first-order valence-corrected chi connectivity index (χ1v) is 4.77.